The second kappa shape index (κ2) is 7.12. The molecule has 0 unspecified atom stereocenters. The molecule has 0 saturated heterocycles. The molecule has 0 nitrogen and oxygen atoms in total. The summed E-state index contributed by atoms with van der Waals surface area (Å²) < 4.78 is 1.23. The molecule has 1 aliphatic rings. The first-order valence-electron chi connectivity index (χ1n) is 9.32. The molecule has 0 aliphatic heterocycles. The number of benzene rings is 3. The van der Waals surface area contributed by atoms with Gasteiger partial charge in [-0.3, -0.25) is 0 Å². The third-order valence-electron chi connectivity index (χ3n) is 5.54. The van der Waals surface area contributed by atoms with Gasteiger partial charge in [0.15, 0.2) is 0 Å². The summed E-state index contributed by atoms with van der Waals surface area (Å²) in [6, 6.07) is 24.0. The van der Waals surface area contributed by atoms with Gasteiger partial charge in [0, 0.05) is 8.99 Å². The Hall–Kier alpha value is -2.13. The van der Waals surface area contributed by atoms with Crippen LogP contribution in [0.5, 0.6) is 0 Å². The van der Waals surface area contributed by atoms with E-state index in [9.17, 15) is 0 Å². The van der Waals surface area contributed by atoms with Crippen LogP contribution in [-0.4, -0.2) is 0 Å². The lowest BCUT2D eigenvalue weighted by Crippen LogP contribution is -2.22. The fourth-order valence-corrected chi connectivity index (χ4v) is 4.80. The van der Waals surface area contributed by atoms with E-state index < -0.39 is 0 Å². The molecule has 0 radical (unpaired) electrons. The Balaban J connectivity index is 1.63. The van der Waals surface area contributed by atoms with Gasteiger partial charge in [0.25, 0.3) is 0 Å². The van der Waals surface area contributed by atoms with Crippen LogP contribution < -0.4 is 10.4 Å². The zero-order valence-corrected chi connectivity index (χ0v) is 18.0. The maximum Gasteiger partial charge on any atom is 0.0205 e. The van der Waals surface area contributed by atoms with E-state index in [4.69, 9.17) is 0 Å². The molecule has 1 aliphatic carbocycles. The molecule has 1 heteroatoms. The van der Waals surface area contributed by atoms with Gasteiger partial charge >= 0.3 is 0 Å². The van der Waals surface area contributed by atoms with Gasteiger partial charge in [0.1, 0.15) is 0 Å². The number of fused-ring (bicyclic) bond motifs is 3. The fourth-order valence-electron chi connectivity index (χ4n) is 4.02. The van der Waals surface area contributed by atoms with Gasteiger partial charge in [0.05, 0.1) is 0 Å². The maximum absolute atomic E-state index is 4.12. The molecular formula is C26H23I. The number of hydrogen-bond acceptors (Lipinski definition) is 0. The third-order valence-corrected chi connectivity index (χ3v) is 6.48. The topological polar surface area (TPSA) is 0 Å². The molecule has 27 heavy (non-hydrogen) atoms. The Morgan fingerprint density at radius 2 is 1.63 bits per heavy atom. The van der Waals surface area contributed by atoms with Crippen molar-refractivity contribution in [3.8, 4) is 11.1 Å². The van der Waals surface area contributed by atoms with E-state index in [1.165, 1.54) is 36.6 Å². The van der Waals surface area contributed by atoms with Crippen molar-refractivity contribution >= 4 is 32.7 Å². The minimum atomic E-state index is 0.0685. The molecule has 0 heterocycles. The van der Waals surface area contributed by atoms with Crippen molar-refractivity contribution in [3.63, 3.8) is 0 Å². The lowest BCUT2D eigenvalue weighted by Gasteiger charge is -2.21. The highest BCUT2D eigenvalue weighted by Crippen LogP contribution is 2.48. The summed E-state index contributed by atoms with van der Waals surface area (Å²) in [5.74, 6) is 0. The average Bonchev–Trinajstić information content (AvgIpc) is 2.90. The molecule has 3 aromatic carbocycles. The molecule has 0 bridgehead atoms. The smallest absolute Gasteiger partial charge is 0.0205 e. The van der Waals surface area contributed by atoms with Gasteiger partial charge in [0.2, 0.25) is 0 Å². The van der Waals surface area contributed by atoms with Crippen molar-refractivity contribution in [1.82, 2.24) is 0 Å². The Bertz CT molecular complexity index is 1150. The minimum absolute atomic E-state index is 0.0685. The summed E-state index contributed by atoms with van der Waals surface area (Å²) in [6.07, 6.45) is 5.40. The SMILES string of the molecule is C=c1cccc/c1=C(I)/C=C\Cc1ccc2c(c1)C(C)(C)c1ccccc1-2. The standard InChI is InChI=1S/C26H23I/c1-18-9-4-5-11-20(18)25(27)14-8-10-19-15-16-22-21-12-6-7-13-23(21)26(2,3)24(22)17-19/h4-9,11-17H,1,10H2,2-3H3/b14-8-,25-20+. The largest absolute Gasteiger partial charge is 0.0911 e. The van der Waals surface area contributed by atoms with E-state index in [1.807, 2.05) is 6.07 Å². The zero-order chi connectivity index (χ0) is 19.0. The normalized spacial score (nSPS) is 15.5. The molecule has 0 aromatic heterocycles. The summed E-state index contributed by atoms with van der Waals surface area (Å²) >= 11 is 2.40. The summed E-state index contributed by atoms with van der Waals surface area (Å²) in [7, 11) is 0. The predicted molar refractivity (Wildman–Crippen MR) is 125 cm³/mol. The molecule has 134 valence electrons. The summed E-state index contributed by atoms with van der Waals surface area (Å²) in [4.78, 5) is 0. The third kappa shape index (κ3) is 3.29. The van der Waals surface area contributed by atoms with Crippen LogP contribution in [0.15, 0.2) is 78.9 Å². The quantitative estimate of drug-likeness (QED) is 0.435. The monoisotopic (exact) mass is 462 g/mol. The van der Waals surface area contributed by atoms with E-state index in [2.05, 4.69) is 116 Å². The van der Waals surface area contributed by atoms with Crippen molar-refractivity contribution in [1.29, 1.82) is 0 Å². The number of rotatable bonds is 3. The fraction of sp³-hybridized carbons (Fsp3) is 0.154. The van der Waals surface area contributed by atoms with E-state index in [0.717, 1.165) is 11.6 Å². The Morgan fingerprint density at radius 1 is 0.926 bits per heavy atom. The molecule has 3 aromatic rings. The minimum Gasteiger partial charge on any atom is -0.0911 e. The van der Waals surface area contributed by atoms with Crippen molar-refractivity contribution < 1.29 is 0 Å². The number of hydrogen-bond donors (Lipinski definition) is 0. The van der Waals surface area contributed by atoms with E-state index >= 15 is 0 Å². The second-order valence-corrected chi connectivity index (χ2v) is 8.82. The summed E-state index contributed by atoms with van der Waals surface area (Å²) in [5.41, 5.74) is 7.07. The van der Waals surface area contributed by atoms with Crippen molar-refractivity contribution in [2.24, 2.45) is 0 Å². The molecule has 4 rings (SSSR count). The highest BCUT2D eigenvalue weighted by atomic mass is 127. The van der Waals surface area contributed by atoms with Crippen LogP contribution in [-0.2, 0) is 11.8 Å². The van der Waals surface area contributed by atoms with Crippen LogP contribution in [0.1, 0.15) is 30.5 Å². The molecule has 0 atom stereocenters. The predicted octanol–water partition coefficient (Wildman–Crippen LogP) is 5.75. The van der Waals surface area contributed by atoms with Gasteiger partial charge in [-0.15, -0.1) is 0 Å². The van der Waals surface area contributed by atoms with Gasteiger partial charge in [-0.05, 0) is 67.3 Å². The summed E-state index contributed by atoms with van der Waals surface area (Å²) in [5, 5.41) is 2.28. The molecular weight excluding hydrogens is 439 g/mol. The van der Waals surface area contributed by atoms with Crippen LogP contribution >= 0.6 is 22.6 Å². The van der Waals surface area contributed by atoms with Crippen LogP contribution in [0.4, 0.5) is 0 Å². The Morgan fingerprint density at radius 3 is 2.44 bits per heavy atom. The van der Waals surface area contributed by atoms with Gasteiger partial charge in [-0.1, -0.05) is 99.3 Å². The van der Waals surface area contributed by atoms with Crippen LogP contribution in [0.3, 0.4) is 0 Å². The lowest BCUT2D eigenvalue weighted by atomic mass is 9.82. The highest BCUT2D eigenvalue weighted by Gasteiger charge is 2.34. The van der Waals surface area contributed by atoms with Crippen LogP contribution in [0.2, 0.25) is 0 Å². The van der Waals surface area contributed by atoms with Gasteiger partial charge in [-0.2, -0.15) is 0 Å². The first kappa shape index (κ1) is 18.2. The van der Waals surface area contributed by atoms with Crippen LogP contribution in [0, 0.1) is 0 Å². The molecule has 0 fully saturated rings. The highest BCUT2D eigenvalue weighted by molar-refractivity contribution is 14.1. The maximum atomic E-state index is 4.12. The van der Waals surface area contributed by atoms with E-state index in [-0.39, 0.29) is 5.41 Å². The summed E-state index contributed by atoms with van der Waals surface area (Å²) in [6.45, 7) is 8.79. The molecule has 0 N–H and O–H groups in total. The Labute approximate surface area is 175 Å². The second-order valence-electron chi connectivity index (χ2n) is 7.66. The van der Waals surface area contributed by atoms with E-state index in [0.29, 0.717) is 0 Å². The number of allylic oxidation sites excluding steroid dienone is 2. The molecule has 0 spiro atoms. The first-order valence-corrected chi connectivity index (χ1v) is 10.4. The number of halogens is 1. The first-order chi connectivity index (χ1) is 13.0. The Kier molecular flexibility index (Phi) is 4.81. The molecule has 0 amide bonds. The molecule has 0 saturated carbocycles. The zero-order valence-electron chi connectivity index (χ0n) is 15.8. The van der Waals surface area contributed by atoms with E-state index in [1.54, 1.807) is 0 Å². The van der Waals surface area contributed by atoms with Crippen molar-refractivity contribution in [3.05, 3.63) is 106 Å². The van der Waals surface area contributed by atoms with Crippen molar-refractivity contribution in [2.75, 3.05) is 0 Å². The average molecular weight is 462 g/mol. The van der Waals surface area contributed by atoms with Gasteiger partial charge < -0.3 is 0 Å². The van der Waals surface area contributed by atoms with Crippen LogP contribution in [0.25, 0.3) is 21.3 Å². The lowest BCUT2D eigenvalue weighted by molar-refractivity contribution is 0.659. The van der Waals surface area contributed by atoms with Gasteiger partial charge in [-0.25, -0.2) is 0 Å². The van der Waals surface area contributed by atoms with Crippen molar-refractivity contribution in [2.45, 2.75) is 25.7 Å².